The van der Waals surface area contributed by atoms with E-state index >= 15 is 0 Å². The highest BCUT2D eigenvalue weighted by molar-refractivity contribution is 6.25. The first kappa shape index (κ1) is 33.4. The number of rotatable bonds is 5. The fourth-order valence-electron chi connectivity index (χ4n) is 8.94. The third-order valence-electron chi connectivity index (χ3n) is 11.5. The summed E-state index contributed by atoms with van der Waals surface area (Å²) in [5, 5.41) is 7.73. The summed E-state index contributed by atoms with van der Waals surface area (Å²) in [4.78, 5) is 0. The molecule has 0 aliphatic heterocycles. The van der Waals surface area contributed by atoms with Gasteiger partial charge >= 0.3 is 0 Å². The monoisotopic (exact) mass is 716 g/mol. The van der Waals surface area contributed by atoms with Crippen molar-refractivity contribution in [2.24, 2.45) is 0 Å². The molecule has 1 aliphatic rings. The fraction of sp³-hybridized carbons (Fsp3) is 0.0370. The van der Waals surface area contributed by atoms with Crippen molar-refractivity contribution in [1.82, 2.24) is 9.13 Å². The second kappa shape index (κ2) is 13.3. The van der Waals surface area contributed by atoms with E-state index in [1.54, 1.807) is 0 Å². The van der Waals surface area contributed by atoms with Gasteiger partial charge in [0.15, 0.2) is 0 Å². The van der Waals surface area contributed by atoms with Gasteiger partial charge in [0.05, 0.1) is 22.1 Å². The Morgan fingerprint density at radius 3 is 1.66 bits per heavy atom. The average molecular weight is 717 g/mol. The fourth-order valence-corrected chi connectivity index (χ4v) is 8.94. The molecule has 11 rings (SSSR count). The minimum absolute atomic E-state index is 1.03. The maximum absolute atomic E-state index is 4.37. The molecule has 0 spiro atoms. The molecule has 0 saturated carbocycles. The molecule has 0 unspecified atom stereocenters. The molecule has 0 N–H and O–H groups in total. The van der Waals surface area contributed by atoms with Crippen LogP contribution in [0.2, 0.25) is 0 Å². The van der Waals surface area contributed by atoms with Crippen molar-refractivity contribution in [1.29, 1.82) is 0 Å². The molecule has 2 heteroatoms. The predicted molar refractivity (Wildman–Crippen MR) is 242 cm³/mol. The van der Waals surface area contributed by atoms with E-state index in [9.17, 15) is 0 Å². The smallest absolute Gasteiger partial charge is 0.0541 e. The second-order valence-electron chi connectivity index (χ2n) is 14.8. The highest BCUT2D eigenvalue weighted by atomic mass is 15.0. The van der Waals surface area contributed by atoms with Gasteiger partial charge in [-0.25, -0.2) is 0 Å². The number of nitrogens with zero attached hydrogens (tertiary/aromatic N) is 2. The van der Waals surface area contributed by atoms with Crippen LogP contribution in [0.4, 0.5) is 0 Å². The van der Waals surface area contributed by atoms with Gasteiger partial charge in [-0.1, -0.05) is 147 Å². The van der Waals surface area contributed by atoms with Gasteiger partial charge in [0.25, 0.3) is 0 Å². The number of benzene rings is 8. The zero-order valence-corrected chi connectivity index (χ0v) is 31.6. The molecular weight excluding hydrogens is 677 g/mol. The lowest BCUT2D eigenvalue weighted by Crippen LogP contribution is -1.92. The first-order valence-corrected chi connectivity index (χ1v) is 19.2. The first-order valence-electron chi connectivity index (χ1n) is 19.2. The summed E-state index contributed by atoms with van der Waals surface area (Å²) in [5.41, 5.74) is 17.1. The number of hydrogen-bond acceptors (Lipinski definition) is 0. The average Bonchev–Trinajstić information content (AvgIpc) is 3.87. The van der Waals surface area contributed by atoms with Gasteiger partial charge in [0.2, 0.25) is 0 Å². The quantitative estimate of drug-likeness (QED) is 0.168. The van der Waals surface area contributed by atoms with Gasteiger partial charge in [-0.2, -0.15) is 0 Å². The van der Waals surface area contributed by atoms with Crippen LogP contribution in [0.5, 0.6) is 0 Å². The SMILES string of the molecule is C=C(C)n1c2ccccc2c2cc(-c3ccc4c(c3)c3ccccc3n4-c3ccccc3)ccc21.C=C(C1=C(C)c2cccc3cccc1c23)c1ccccc1. The van der Waals surface area contributed by atoms with E-state index in [0.29, 0.717) is 0 Å². The summed E-state index contributed by atoms with van der Waals surface area (Å²) in [6.07, 6.45) is 0. The molecule has 2 aromatic heterocycles. The number of aromatic nitrogens is 2. The Balaban J connectivity index is 0.000000156. The van der Waals surface area contributed by atoms with Crippen LogP contribution in [-0.4, -0.2) is 9.13 Å². The van der Waals surface area contributed by atoms with Gasteiger partial charge < -0.3 is 9.13 Å². The molecule has 8 aromatic carbocycles. The zero-order chi connectivity index (χ0) is 37.9. The number of hydrogen-bond donors (Lipinski definition) is 0. The second-order valence-corrected chi connectivity index (χ2v) is 14.8. The molecular formula is C54H40N2. The Labute approximate surface area is 327 Å². The first-order chi connectivity index (χ1) is 27.5. The lowest BCUT2D eigenvalue weighted by molar-refractivity contribution is 1.18. The molecule has 0 atom stereocenters. The Bertz CT molecular complexity index is 3220. The molecule has 0 amide bonds. The van der Waals surface area contributed by atoms with E-state index in [4.69, 9.17) is 0 Å². The third kappa shape index (κ3) is 5.26. The van der Waals surface area contributed by atoms with Crippen molar-refractivity contribution >= 4 is 76.8 Å². The Morgan fingerprint density at radius 2 is 0.982 bits per heavy atom. The van der Waals surface area contributed by atoms with Crippen LogP contribution in [0.15, 0.2) is 195 Å². The minimum Gasteiger partial charge on any atom is -0.314 e. The summed E-state index contributed by atoms with van der Waals surface area (Å²) >= 11 is 0. The summed E-state index contributed by atoms with van der Waals surface area (Å²) < 4.78 is 4.61. The van der Waals surface area contributed by atoms with Crippen molar-refractivity contribution in [3.63, 3.8) is 0 Å². The van der Waals surface area contributed by atoms with Crippen LogP contribution in [0.3, 0.4) is 0 Å². The molecule has 266 valence electrons. The van der Waals surface area contributed by atoms with E-state index in [1.165, 1.54) is 99.0 Å². The Morgan fingerprint density at radius 1 is 0.464 bits per heavy atom. The largest absolute Gasteiger partial charge is 0.314 e. The van der Waals surface area contributed by atoms with Gasteiger partial charge in [-0.15, -0.1) is 0 Å². The van der Waals surface area contributed by atoms with E-state index in [1.807, 2.05) is 6.07 Å². The number of allylic oxidation sites excluding steroid dienone is 4. The lowest BCUT2D eigenvalue weighted by atomic mass is 9.93. The van der Waals surface area contributed by atoms with E-state index in [2.05, 4.69) is 212 Å². The number of fused-ring (bicyclic) bond motifs is 6. The molecule has 0 saturated heterocycles. The van der Waals surface area contributed by atoms with E-state index in [0.717, 1.165) is 11.3 Å². The molecule has 10 aromatic rings. The number of para-hydroxylation sites is 3. The van der Waals surface area contributed by atoms with Crippen molar-refractivity contribution in [2.45, 2.75) is 13.8 Å². The Hall–Kier alpha value is -7.16. The maximum Gasteiger partial charge on any atom is 0.0541 e. The normalized spacial score (nSPS) is 12.2. The van der Waals surface area contributed by atoms with Crippen LogP contribution < -0.4 is 0 Å². The molecule has 2 heterocycles. The topological polar surface area (TPSA) is 9.86 Å². The minimum atomic E-state index is 1.03. The summed E-state index contributed by atoms with van der Waals surface area (Å²) in [7, 11) is 0. The lowest BCUT2D eigenvalue weighted by Gasteiger charge is -2.11. The van der Waals surface area contributed by atoms with Crippen LogP contribution in [-0.2, 0) is 0 Å². The molecule has 0 fully saturated rings. The molecule has 0 radical (unpaired) electrons. The van der Waals surface area contributed by atoms with Crippen molar-refractivity contribution in [2.75, 3.05) is 0 Å². The van der Waals surface area contributed by atoms with Crippen LogP contribution in [0, 0.1) is 0 Å². The predicted octanol–water partition coefficient (Wildman–Crippen LogP) is 14.8. The van der Waals surface area contributed by atoms with Crippen LogP contribution in [0.1, 0.15) is 30.5 Å². The van der Waals surface area contributed by atoms with E-state index < -0.39 is 0 Å². The summed E-state index contributed by atoms with van der Waals surface area (Å²) in [6, 6.07) is 65.0. The highest BCUT2D eigenvalue weighted by Crippen LogP contribution is 2.47. The van der Waals surface area contributed by atoms with Crippen molar-refractivity contribution < 1.29 is 0 Å². The summed E-state index contributed by atoms with van der Waals surface area (Å²) in [6.45, 7) is 12.9. The Kier molecular flexibility index (Phi) is 7.93. The van der Waals surface area contributed by atoms with Crippen molar-refractivity contribution in [3.8, 4) is 16.8 Å². The molecule has 1 aliphatic carbocycles. The van der Waals surface area contributed by atoms with E-state index in [-0.39, 0.29) is 0 Å². The van der Waals surface area contributed by atoms with Gasteiger partial charge in [-0.05, 0) is 118 Å². The molecule has 56 heavy (non-hydrogen) atoms. The van der Waals surface area contributed by atoms with Crippen LogP contribution >= 0.6 is 0 Å². The van der Waals surface area contributed by atoms with Gasteiger partial charge in [-0.3, -0.25) is 0 Å². The van der Waals surface area contributed by atoms with Gasteiger partial charge in [0.1, 0.15) is 0 Å². The summed E-state index contributed by atoms with van der Waals surface area (Å²) in [5.74, 6) is 0. The maximum atomic E-state index is 4.37. The molecule has 0 bridgehead atoms. The highest BCUT2D eigenvalue weighted by Gasteiger charge is 2.23. The third-order valence-corrected chi connectivity index (χ3v) is 11.5. The zero-order valence-electron chi connectivity index (χ0n) is 31.6. The van der Waals surface area contributed by atoms with Crippen LogP contribution in [0.25, 0.3) is 93.6 Å². The standard InChI is InChI=1S/C33H24N2.C21H16/c1-22(2)34-30-14-8-6-12-26(30)28-20-23(16-18-32(28)34)24-17-19-33-29(21-24)27-13-7-9-15-31(27)35(33)25-10-4-3-5-11-25;1-14(16-8-4-3-5-9-16)20-15(2)18-12-6-10-17-11-7-13-19(20)21(17)18/h3-21H,1H2,2H3;3-13H,1H2,2H3. The molecule has 2 nitrogen and oxygen atoms in total. The van der Waals surface area contributed by atoms with Gasteiger partial charge in [0, 0.05) is 32.9 Å². The van der Waals surface area contributed by atoms with Crippen molar-refractivity contribution in [3.05, 3.63) is 212 Å².